The Balaban J connectivity index is 1.56. The van der Waals surface area contributed by atoms with Crippen LogP contribution in [0.3, 0.4) is 0 Å². The molecule has 0 unspecified atom stereocenters. The molecule has 2 aliphatic heterocycles. The van der Waals surface area contributed by atoms with Crippen molar-refractivity contribution in [2.75, 3.05) is 45.9 Å². The van der Waals surface area contributed by atoms with E-state index >= 15 is 0 Å². The Morgan fingerprint density at radius 1 is 1.03 bits per heavy atom. The van der Waals surface area contributed by atoms with Crippen LogP contribution in [0.1, 0.15) is 44.4 Å². The number of hydrogen-bond acceptors (Lipinski definition) is 5. The normalized spacial score (nSPS) is 18.3. The summed E-state index contributed by atoms with van der Waals surface area (Å²) in [6, 6.07) is 11.1. The molecule has 4 rings (SSSR count). The molecule has 1 N–H and O–H groups in total. The number of benzene rings is 2. The summed E-state index contributed by atoms with van der Waals surface area (Å²) < 4.78 is 32.6. The zero-order valence-corrected chi connectivity index (χ0v) is 22.1. The van der Waals surface area contributed by atoms with Crippen molar-refractivity contribution in [2.24, 2.45) is 5.10 Å². The van der Waals surface area contributed by atoms with Gasteiger partial charge in [0.05, 0.1) is 25.0 Å². The summed E-state index contributed by atoms with van der Waals surface area (Å²) in [5.74, 6) is -1.10. The number of hydrazone groups is 1. The van der Waals surface area contributed by atoms with Gasteiger partial charge in [0, 0.05) is 38.1 Å². The minimum atomic E-state index is -0.477. The van der Waals surface area contributed by atoms with Crippen LogP contribution in [0.15, 0.2) is 53.6 Å². The van der Waals surface area contributed by atoms with Gasteiger partial charge in [-0.3, -0.25) is 9.69 Å². The molecule has 1 saturated heterocycles. The smallest absolute Gasteiger partial charge is 0.318 e. The molecule has 204 valence electrons. The van der Waals surface area contributed by atoms with Crippen LogP contribution in [0, 0.1) is 11.6 Å². The number of hydrogen-bond donors (Lipinski definition) is 1. The fourth-order valence-electron chi connectivity index (χ4n) is 4.48. The highest BCUT2D eigenvalue weighted by molar-refractivity contribution is 6.03. The van der Waals surface area contributed by atoms with Crippen molar-refractivity contribution in [3.05, 3.63) is 71.3 Å². The maximum Gasteiger partial charge on any atom is 0.318 e. The summed E-state index contributed by atoms with van der Waals surface area (Å²) in [6.07, 6.45) is 0.380. The second-order valence-corrected chi connectivity index (χ2v) is 10.6. The first-order chi connectivity index (χ1) is 18.1. The number of amides is 3. The zero-order valence-electron chi connectivity index (χ0n) is 22.1. The molecule has 2 heterocycles. The molecule has 1 fully saturated rings. The van der Waals surface area contributed by atoms with Crippen LogP contribution in [-0.4, -0.2) is 83.9 Å². The molecule has 3 amide bonds. The highest BCUT2D eigenvalue weighted by atomic mass is 19.1. The Labute approximate surface area is 222 Å². The molecule has 1 atom stereocenters. The molecule has 0 spiro atoms. The lowest BCUT2D eigenvalue weighted by atomic mass is 9.98. The van der Waals surface area contributed by atoms with E-state index in [1.807, 2.05) is 20.8 Å². The minimum Gasteiger partial charge on any atom is -0.379 e. The largest absolute Gasteiger partial charge is 0.379 e. The Bertz CT molecular complexity index is 1140. The molecule has 10 heteroatoms. The SMILES string of the molecule is CC(C)(C)NC(=O)N(CCN1CCOCC1)CC(=O)N1N=C(c2ccc(F)cc2)C[C@@H]1c1ccc(F)cc1. The Kier molecular flexibility index (Phi) is 8.73. The average Bonchev–Trinajstić information content (AvgIpc) is 3.32. The van der Waals surface area contributed by atoms with Crippen molar-refractivity contribution in [3.8, 4) is 0 Å². The fourth-order valence-corrected chi connectivity index (χ4v) is 4.48. The van der Waals surface area contributed by atoms with E-state index in [0.717, 1.165) is 18.7 Å². The third-order valence-electron chi connectivity index (χ3n) is 6.48. The first-order valence-electron chi connectivity index (χ1n) is 12.9. The first-order valence-corrected chi connectivity index (χ1v) is 12.9. The molecule has 8 nitrogen and oxygen atoms in total. The highest BCUT2D eigenvalue weighted by Crippen LogP contribution is 2.33. The second-order valence-electron chi connectivity index (χ2n) is 10.6. The molecule has 0 radical (unpaired) electrons. The summed E-state index contributed by atoms with van der Waals surface area (Å²) in [4.78, 5) is 30.6. The third-order valence-corrected chi connectivity index (χ3v) is 6.48. The van der Waals surface area contributed by atoms with Crippen LogP contribution in [-0.2, 0) is 9.53 Å². The quantitative estimate of drug-likeness (QED) is 0.595. The molecule has 38 heavy (non-hydrogen) atoms. The molecular weight excluding hydrogens is 492 g/mol. The van der Waals surface area contributed by atoms with E-state index < -0.39 is 11.6 Å². The number of ether oxygens (including phenoxy) is 1. The minimum absolute atomic E-state index is 0.176. The summed E-state index contributed by atoms with van der Waals surface area (Å²) in [7, 11) is 0. The number of rotatable bonds is 7. The van der Waals surface area contributed by atoms with Crippen LogP contribution in [0.2, 0.25) is 0 Å². The second kappa shape index (κ2) is 12.0. The molecule has 0 bridgehead atoms. The van der Waals surface area contributed by atoms with E-state index in [-0.39, 0.29) is 30.1 Å². The number of morpholine rings is 1. The van der Waals surface area contributed by atoms with Gasteiger partial charge in [-0.1, -0.05) is 24.3 Å². The molecule has 0 saturated carbocycles. The first kappa shape index (κ1) is 27.7. The summed E-state index contributed by atoms with van der Waals surface area (Å²) >= 11 is 0. The van der Waals surface area contributed by atoms with Gasteiger partial charge in [0.2, 0.25) is 0 Å². The van der Waals surface area contributed by atoms with Gasteiger partial charge < -0.3 is 15.0 Å². The molecule has 0 aliphatic carbocycles. The fraction of sp³-hybridized carbons (Fsp3) is 0.464. The van der Waals surface area contributed by atoms with E-state index in [9.17, 15) is 18.4 Å². The van der Waals surface area contributed by atoms with Crippen LogP contribution < -0.4 is 5.32 Å². The van der Waals surface area contributed by atoms with Crippen LogP contribution in [0.25, 0.3) is 0 Å². The molecule has 2 aliphatic rings. The number of nitrogens with one attached hydrogen (secondary N) is 1. The van der Waals surface area contributed by atoms with E-state index in [2.05, 4.69) is 15.3 Å². The van der Waals surface area contributed by atoms with Crippen molar-refractivity contribution in [2.45, 2.75) is 38.8 Å². The van der Waals surface area contributed by atoms with E-state index in [0.29, 0.717) is 44.0 Å². The average molecular weight is 528 g/mol. The van der Waals surface area contributed by atoms with Gasteiger partial charge in [-0.15, -0.1) is 0 Å². The number of nitrogens with zero attached hydrogens (tertiary/aromatic N) is 4. The van der Waals surface area contributed by atoms with Crippen molar-refractivity contribution in [3.63, 3.8) is 0 Å². The lowest BCUT2D eigenvalue weighted by Gasteiger charge is -2.32. The van der Waals surface area contributed by atoms with Crippen molar-refractivity contribution in [1.82, 2.24) is 20.1 Å². The van der Waals surface area contributed by atoms with Gasteiger partial charge in [0.25, 0.3) is 5.91 Å². The Morgan fingerprint density at radius 3 is 2.24 bits per heavy atom. The lowest BCUT2D eigenvalue weighted by Crippen LogP contribution is -2.53. The summed E-state index contributed by atoms with van der Waals surface area (Å²) in [5.41, 5.74) is 1.56. The predicted molar refractivity (Wildman–Crippen MR) is 141 cm³/mol. The van der Waals surface area contributed by atoms with Crippen molar-refractivity contribution < 1.29 is 23.1 Å². The maximum absolute atomic E-state index is 13.7. The highest BCUT2D eigenvalue weighted by Gasteiger charge is 2.35. The topological polar surface area (TPSA) is 77.5 Å². The standard InChI is InChI=1S/C28H35F2N5O3/c1-28(2,3)31-27(37)34(13-12-33-14-16-38-17-15-33)19-26(36)35-25(21-6-10-23(30)11-7-21)18-24(32-35)20-4-8-22(29)9-5-20/h4-11,25H,12-19H2,1-3H3,(H,31,37)/t25-/m1/s1. The van der Waals surface area contributed by atoms with Gasteiger partial charge in [-0.2, -0.15) is 5.10 Å². The maximum atomic E-state index is 13.7. The monoisotopic (exact) mass is 527 g/mol. The van der Waals surface area contributed by atoms with Gasteiger partial charge in [0.1, 0.15) is 18.2 Å². The predicted octanol–water partition coefficient (Wildman–Crippen LogP) is 3.78. The molecule has 0 aromatic heterocycles. The zero-order chi connectivity index (χ0) is 27.3. The van der Waals surface area contributed by atoms with E-state index in [4.69, 9.17) is 4.74 Å². The number of carbonyl (C=O) groups excluding carboxylic acids is 2. The van der Waals surface area contributed by atoms with Crippen molar-refractivity contribution in [1.29, 1.82) is 0 Å². The van der Waals surface area contributed by atoms with Crippen LogP contribution in [0.4, 0.5) is 13.6 Å². The van der Waals surface area contributed by atoms with Gasteiger partial charge in [-0.05, 0) is 56.2 Å². The molecule has 2 aromatic carbocycles. The Hall–Kier alpha value is -3.37. The van der Waals surface area contributed by atoms with Crippen LogP contribution in [0.5, 0.6) is 0 Å². The van der Waals surface area contributed by atoms with Crippen LogP contribution >= 0.6 is 0 Å². The van der Waals surface area contributed by atoms with Gasteiger partial charge in [0.15, 0.2) is 0 Å². The van der Waals surface area contributed by atoms with E-state index in [1.165, 1.54) is 34.2 Å². The Morgan fingerprint density at radius 2 is 1.63 bits per heavy atom. The van der Waals surface area contributed by atoms with Gasteiger partial charge in [-0.25, -0.2) is 18.6 Å². The van der Waals surface area contributed by atoms with Gasteiger partial charge >= 0.3 is 6.03 Å². The number of urea groups is 1. The van der Waals surface area contributed by atoms with E-state index in [1.54, 1.807) is 24.3 Å². The third kappa shape index (κ3) is 7.35. The number of halogens is 2. The summed E-state index contributed by atoms with van der Waals surface area (Å²) in [5, 5.41) is 8.93. The summed E-state index contributed by atoms with van der Waals surface area (Å²) in [6.45, 7) is 9.27. The van der Waals surface area contributed by atoms with Crippen molar-refractivity contribution >= 4 is 17.6 Å². The number of carbonyl (C=O) groups is 2. The lowest BCUT2D eigenvalue weighted by molar-refractivity contribution is -0.133. The molecule has 2 aromatic rings. The molecular formula is C28H35F2N5O3.